The molecule has 376 valence electrons. The maximum absolute atomic E-state index is 12.8. The summed E-state index contributed by atoms with van der Waals surface area (Å²) in [6, 6.07) is 0. The molecule has 0 aromatic carbocycles. The Balaban J connectivity index is 2.23. The summed E-state index contributed by atoms with van der Waals surface area (Å²) in [6.45, 7) is 4.44. The predicted molar refractivity (Wildman–Crippen MR) is 270 cm³/mol. The summed E-state index contributed by atoms with van der Waals surface area (Å²) in [6.07, 6.45) is 55.0. The Bertz CT molecular complexity index is 1220. The van der Waals surface area contributed by atoms with Gasteiger partial charge in [0.15, 0.2) is 6.29 Å². The van der Waals surface area contributed by atoms with Crippen LogP contribution in [0.2, 0.25) is 0 Å². The van der Waals surface area contributed by atoms with Crippen molar-refractivity contribution in [2.24, 2.45) is 0 Å². The van der Waals surface area contributed by atoms with Gasteiger partial charge in [-0.25, -0.2) is 0 Å². The lowest BCUT2D eigenvalue weighted by atomic mass is 9.99. The van der Waals surface area contributed by atoms with Crippen molar-refractivity contribution in [1.82, 2.24) is 0 Å². The van der Waals surface area contributed by atoms with E-state index >= 15 is 0 Å². The highest BCUT2D eigenvalue weighted by molar-refractivity contribution is 5.69. The molecule has 9 nitrogen and oxygen atoms in total. The summed E-state index contributed by atoms with van der Waals surface area (Å²) in [5.41, 5.74) is 0. The fourth-order valence-corrected chi connectivity index (χ4v) is 7.79. The van der Waals surface area contributed by atoms with E-state index in [0.29, 0.717) is 6.61 Å². The molecule has 0 aromatic heterocycles. The highest BCUT2D eigenvalue weighted by Gasteiger charge is 2.44. The minimum absolute atomic E-state index is 0.125. The third-order valence-electron chi connectivity index (χ3n) is 11.9. The lowest BCUT2D eigenvalue weighted by Crippen LogP contribution is -2.59. The molecule has 0 aromatic rings. The molecule has 9 heteroatoms. The minimum Gasteiger partial charge on any atom is -0.457 e. The van der Waals surface area contributed by atoms with Crippen molar-refractivity contribution < 1.29 is 44.2 Å². The quantitative estimate of drug-likeness (QED) is 0.0267. The van der Waals surface area contributed by atoms with E-state index in [1.54, 1.807) is 0 Å². The van der Waals surface area contributed by atoms with Gasteiger partial charge in [0.25, 0.3) is 0 Å². The average Bonchev–Trinajstić information content (AvgIpc) is 3.31. The maximum Gasteiger partial charge on any atom is 0.306 e. The van der Waals surface area contributed by atoms with Crippen molar-refractivity contribution in [2.75, 3.05) is 26.4 Å². The first-order valence-electron chi connectivity index (χ1n) is 26.5. The monoisotopic (exact) mass is 915 g/mol. The lowest BCUT2D eigenvalue weighted by molar-refractivity contribution is -0.305. The van der Waals surface area contributed by atoms with Gasteiger partial charge in [-0.05, 0) is 64.2 Å². The highest BCUT2D eigenvalue weighted by Crippen LogP contribution is 2.23. The summed E-state index contributed by atoms with van der Waals surface area (Å²) in [5, 5.41) is 40.3. The van der Waals surface area contributed by atoms with Gasteiger partial charge in [-0.1, -0.05) is 215 Å². The van der Waals surface area contributed by atoms with Crippen LogP contribution in [0, 0.1) is 0 Å². The van der Waals surface area contributed by atoms with E-state index in [4.69, 9.17) is 18.9 Å². The SMILES string of the molecule is CC/C=C\C/C=C\C/C=C\C/C=C\C/C=C\C/C=C\CCCCCCC(=O)OC(COCCCCCCCCCCCCCCCCCCCCC)COC1OC(CO)C(O)C(O)C1O. The number of esters is 1. The summed E-state index contributed by atoms with van der Waals surface area (Å²) in [5.74, 6) is -0.337. The average molecular weight is 915 g/mol. The zero-order valence-electron chi connectivity index (χ0n) is 41.5. The molecule has 1 fully saturated rings. The largest absolute Gasteiger partial charge is 0.457 e. The number of hydrogen-bond acceptors (Lipinski definition) is 9. The summed E-state index contributed by atoms with van der Waals surface area (Å²) >= 11 is 0. The lowest BCUT2D eigenvalue weighted by Gasteiger charge is -2.39. The van der Waals surface area contributed by atoms with Crippen LogP contribution in [0.25, 0.3) is 0 Å². The molecule has 1 heterocycles. The Morgan fingerprint density at radius 3 is 1.42 bits per heavy atom. The molecular formula is C56H98O9. The molecule has 0 saturated carbocycles. The second-order valence-corrected chi connectivity index (χ2v) is 17.9. The van der Waals surface area contributed by atoms with Gasteiger partial charge < -0.3 is 39.4 Å². The first-order chi connectivity index (χ1) is 31.9. The predicted octanol–water partition coefficient (Wildman–Crippen LogP) is 13.2. The van der Waals surface area contributed by atoms with Crippen molar-refractivity contribution in [3.05, 3.63) is 72.9 Å². The van der Waals surface area contributed by atoms with E-state index in [-0.39, 0.29) is 25.6 Å². The minimum atomic E-state index is -1.54. The van der Waals surface area contributed by atoms with E-state index < -0.39 is 43.4 Å². The molecule has 1 aliphatic rings. The first-order valence-corrected chi connectivity index (χ1v) is 26.5. The second kappa shape index (κ2) is 46.7. The molecule has 0 aliphatic carbocycles. The van der Waals surface area contributed by atoms with Gasteiger partial charge in [-0.2, -0.15) is 0 Å². The number of ether oxygens (including phenoxy) is 4. The number of carbonyl (C=O) groups excluding carboxylic acids is 1. The zero-order valence-corrected chi connectivity index (χ0v) is 41.5. The molecule has 0 bridgehead atoms. The van der Waals surface area contributed by atoms with Crippen LogP contribution in [0.5, 0.6) is 0 Å². The molecule has 6 atom stereocenters. The van der Waals surface area contributed by atoms with Gasteiger partial charge >= 0.3 is 5.97 Å². The number of carbonyl (C=O) groups is 1. The number of aliphatic hydroxyl groups is 4. The van der Waals surface area contributed by atoms with Crippen LogP contribution in [0.15, 0.2) is 72.9 Å². The van der Waals surface area contributed by atoms with Crippen molar-refractivity contribution in [1.29, 1.82) is 0 Å². The molecule has 0 spiro atoms. The Kier molecular flexibility index (Phi) is 43.6. The molecule has 1 aliphatic heterocycles. The van der Waals surface area contributed by atoms with E-state index in [1.807, 2.05) is 0 Å². The van der Waals surface area contributed by atoms with Crippen LogP contribution in [0.4, 0.5) is 0 Å². The molecule has 65 heavy (non-hydrogen) atoms. The topological polar surface area (TPSA) is 135 Å². The van der Waals surface area contributed by atoms with Crippen molar-refractivity contribution in [2.45, 2.75) is 250 Å². The van der Waals surface area contributed by atoms with Crippen LogP contribution in [0.1, 0.15) is 213 Å². The number of hydrogen-bond donors (Lipinski definition) is 4. The number of unbranched alkanes of at least 4 members (excludes halogenated alkanes) is 22. The third-order valence-corrected chi connectivity index (χ3v) is 11.9. The molecule has 6 unspecified atom stereocenters. The Morgan fingerprint density at radius 1 is 0.508 bits per heavy atom. The Morgan fingerprint density at radius 2 is 0.938 bits per heavy atom. The van der Waals surface area contributed by atoms with Crippen molar-refractivity contribution >= 4 is 5.97 Å². The van der Waals surface area contributed by atoms with E-state index in [9.17, 15) is 25.2 Å². The van der Waals surface area contributed by atoms with Crippen LogP contribution in [-0.2, 0) is 23.7 Å². The van der Waals surface area contributed by atoms with Gasteiger partial charge in [-0.3, -0.25) is 4.79 Å². The van der Waals surface area contributed by atoms with Crippen LogP contribution >= 0.6 is 0 Å². The Labute approximate surface area is 397 Å². The fourth-order valence-electron chi connectivity index (χ4n) is 7.79. The summed E-state index contributed by atoms with van der Waals surface area (Å²) < 4.78 is 22.9. The summed E-state index contributed by atoms with van der Waals surface area (Å²) in [7, 11) is 0. The molecular weight excluding hydrogens is 817 g/mol. The Hall–Kier alpha value is -2.37. The zero-order chi connectivity index (χ0) is 47.1. The first kappa shape index (κ1) is 60.6. The highest BCUT2D eigenvalue weighted by atomic mass is 16.7. The van der Waals surface area contributed by atoms with Gasteiger partial charge in [0, 0.05) is 13.0 Å². The molecule has 1 rings (SSSR count). The fraction of sp³-hybridized carbons (Fsp3) is 0.768. The third kappa shape index (κ3) is 37.3. The molecule has 0 amide bonds. The van der Waals surface area contributed by atoms with Gasteiger partial charge in [0.05, 0.1) is 19.8 Å². The number of allylic oxidation sites excluding steroid dienone is 12. The van der Waals surface area contributed by atoms with Gasteiger partial charge in [0.2, 0.25) is 0 Å². The standard InChI is InChI=1S/C56H98O9/c1-3-5-7-9-11-13-15-17-19-21-23-24-25-26-27-29-31-33-35-37-39-41-43-45-52(58)64-50(49-63-56-55(61)54(60)53(59)51(47-57)65-56)48-62-46-44-42-40-38-36-34-32-30-28-22-20-18-16-14-12-10-8-6-4-2/h5,7,11,13,17,19,23-24,26-27,31,33,50-51,53-57,59-61H,3-4,6,8-10,12,14-16,18,20-22,25,28-30,32,34-49H2,1-2H3/b7-5-,13-11-,19-17-,24-23-,27-26-,33-31-. The molecule has 0 radical (unpaired) electrons. The van der Waals surface area contributed by atoms with Crippen LogP contribution in [0.3, 0.4) is 0 Å². The second-order valence-electron chi connectivity index (χ2n) is 17.9. The van der Waals surface area contributed by atoms with Gasteiger partial charge in [-0.15, -0.1) is 0 Å². The molecule has 1 saturated heterocycles. The number of aliphatic hydroxyl groups excluding tert-OH is 4. The maximum atomic E-state index is 12.8. The van der Waals surface area contributed by atoms with Crippen LogP contribution in [-0.4, -0.2) is 89.6 Å². The van der Waals surface area contributed by atoms with Gasteiger partial charge in [0.1, 0.15) is 30.5 Å². The van der Waals surface area contributed by atoms with Crippen molar-refractivity contribution in [3.63, 3.8) is 0 Å². The van der Waals surface area contributed by atoms with E-state index in [2.05, 4.69) is 86.8 Å². The van der Waals surface area contributed by atoms with E-state index in [1.165, 1.54) is 109 Å². The molecule has 4 N–H and O–H groups in total. The van der Waals surface area contributed by atoms with Crippen LogP contribution < -0.4 is 0 Å². The normalized spacial score (nSPS) is 20.0. The smallest absolute Gasteiger partial charge is 0.306 e. The van der Waals surface area contributed by atoms with Crippen molar-refractivity contribution in [3.8, 4) is 0 Å². The summed E-state index contributed by atoms with van der Waals surface area (Å²) in [4.78, 5) is 12.8. The number of rotatable bonds is 45. The van der Waals surface area contributed by atoms with E-state index in [0.717, 1.165) is 83.5 Å².